The lowest BCUT2D eigenvalue weighted by molar-refractivity contribution is -0.153. The van der Waals surface area contributed by atoms with Crippen LogP contribution in [0.5, 0.6) is 0 Å². The fourth-order valence-electron chi connectivity index (χ4n) is 1.70. The van der Waals surface area contributed by atoms with E-state index in [4.69, 9.17) is 0 Å². The Labute approximate surface area is 82.4 Å². The number of hydrogen-bond donors (Lipinski definition) is 2. The summed E-state index contributed by atoms with van der Waals surface area (Å²) in [7, 11) is 1.30. The van der Waals surface area contributed by atoms with Crippen LogP contribution in [0, 0.1) is 11.8 Å². The van der Waals surface area contributed by atoms with Gasteiger partial charge in [0.05, 0.1) is 31.1 Å². The molecule has 0 bridgehead atoms. The number of β-lactam (4-membered cyclic amide) rings is 1. The second-order valence-corrected chi connectivity index (χ2v) is 3.61. The van der Waals surface area contributed by atoms with E-state index in [1.165, 1.54) is 7.11 Å². The van der Waals surface area contributed by atoms with Crippen LogP contribution >= 0.6 is 0 Å². The fourth-order valence-corrected chi connectivity index (χ4v) is 1.70. The summed E-state index contributed by atoms with van der Waals surface area (Å²) in [4.78, 5) is 22.2. The van der Waals surface area contributed by atoms with Crippen molar-refractivity contribution in [2.24, 2.45) is 11.8 Å². The van der Waals surface area contributed by atoms with Crippen LogP contribution in [0.15, 0.2) is 0 Å². The molecule has 2 N–H and O–H groups in total. The van der Waals surface area contributed by atoms with E-state index in [9.17, 15) is 14.7 Å². The first-order valence-corrected chi connectivity index (χ1v) is 4.55. The molecule has 1 saturated heterocycles. The van der Waals surface area contributed by atoms with Crippen molar-refractivity contribution in [3.05, 3.63) is 0 Å². The minimum Gasteiger partial charge on any atom is -0.469 e. The van der Waals surface area contributed by atoms with Gasteiger partial charge in [-0.1, -0.05) is 0 Å². The molecular formula is C9H15NO4. The largest absolute Gasteiger partial charge is 0.469 e. The van der Waals surface area contributed by atoms with Crippen LogP contribution in [-0.4, -0.2) is 36.2 Å². The van der Waals surface area contributed by atoms with Gasteiger partial charge in [-0.15, -0.1) is 0 Å². The predicted molar refractivity (Wildman–Crippen MR) is 48.3 cm³/mol. The minimum atomic E-state index is -0.735. The van der Waals surface area contributed by atoms with Crippen molar-refractivity contribution in [1.29, 1.82) is 0 Å². The molecule has 0 aromatic carbocycles. The summed E-state index contributed by atoms with van der Waals surface area (Å²) in [5, 5.41) is 11.9. The van der Waals surface area contributed by atoms with Gasteiger partial charge in [0.25, 0.3) is 0 Å². The van der Waals surface area contributed by atoms with E-state index in [1.807, 2.05) is 0 Å². The number of carbonyl (C=O) groups excluding carboxylic acids is 2. The Morgan fingerprint density at radius 1 is 1.57 bits per heavy atom. The van der Waals surface area contributed by atoms with Crippen molar-refractivity contribution in [1.82, 2.24) is 5.32 Å². The second-order valence-electron chi connectivity index (χ2n) is 3.61. The lowest BCUT2D eigenvalue weighted by Crippen LogP contribution is -2.65. The zero-order chi connectivity index (χ0) is 10.9. The van der Waals surface area contributed by atoms with Crippen LogP contribution in [0.2, 0.25) is 0 Å². The molecule has 1 aliphatic heterocycles. The van der Waals surface area contributed by atoms with Gasteiger partial charge in [0.15, 0.2) is 0 Å². The molecule has 14 heavy (non-hydrogen) atoms. The van der Waals surface area contributed by atoms with E-state index in [0.29, 0.717) is 0 Å². The SMILES string of the molecule is COC(=O)C(C)C1NC(=O)C1C(C)O. The number of amides is 1. The standard InChI is InChI=1S/C9H15NO4/c1-4(9(13)14-3)7-6(5(2)11)8(12)10-7/h4-7,11H,1-3H3,(H,10,12). The summed E-state index contributed by atoms with van der Waals surface area (Å²) >= 11 is 0. The minimum absolute atomic E-state index is 0.208. The highest BCUT2D eigenvalue weighted by molar-refractivity contribution is 5.88. The number of esters is 1. The number of aliphatic hydroxyl groups excluding tert-OH is 1. The van der Waals surface area contributed by atoms with Crippen molar-refractivity contribution in [3.8, 4) is 0 Å². The van der Waals surface area contributed by atoms with Crippen LogP contribution < -0.4 is 5.32 Å². The summed E-state index contributed by atoms with van der Waals surface area (Å²) in [6, 6.07) is -0.310. The maximum atomic E-state index is 11.2. The van der Waals surface area contributed by atoms with E-state index >= 15 is 0 Å². The fraction of sp³-hybridized carbons (Fsp3) is 0.778. The molecular weight excluding hydrogens is 186 g/mol. The summed E-state index contributed by atoms with van der Waals surface area (Å²) in [5.41, 5.74) is 0. The van der Waals surface area contributed by atoms with Gasteiger partial charge in [-0.3, -0.25) is 9.59 Å². The normalized spacial score (nSPS) is 29.9. The van der Waals surface area contributed by atoms with E-state index in [2.05, 4.69) is 10.1 Å². The van der Waals surface area contributed by atoms with Crippen molar-refractivity contribution in [3.63, 3.8) is 0 Å². The zero-order valence-corrected chi connectivity index (χ0v) is 8.48. The lowest BCUT2D eigenvalue weighted by atomic mass is 9.79. The quantitative estimate of drug-likeness (QED) is 0.467. The third kappa shape index (κ3) is 1.72. The molecule has 0 saturated carbocycles. The highest BCUT2D eigenvalue weighted by atomic mass is 16.5. The molecule has 5 nitrogen and oxygen atoms in total. The Bertz CT molecular complexity index is 251. The summed E-state index contributed by atoms with van der Waals surface area (Å²) in [6.07, 6.45) is -0.735. The Balaban J connectivity index is 2.62. The number of carbonyl (C=O) groups is 2. The Kier molecular flexibility index (Phi) is 3.10. The first kappa shape index (κ1) is 11.0. The monoisotopic (exact) mass is 201 g/mol. The van der Waals surface area contributed by atoms with Gasteiger partial charge in [0, 0.05) is 0 Å². The topological polar surface area (TPSA) is 75.6 Å². The third-order valence-electron chi connectivity index (χ3n) is 2.63. The molecule has 0 aliphatic carbocycles. The van der Waals surface area contributed by atoms with E-state index in [-0.39, 0.29) is 17.9 Å². The molecule has 1 heterocycles. The first-order valence-electron chi connectivity index (χ1n) is 4.55. The Morgan fingerprint density at radius 3 is 2.50 bits per heavy atom. The van der Waals surface area contributed by atoms with Crippen molar-refractivity contribution in [2.75, 3.05) is 7.11 Å². The first-order chi connectivity index (χ1) is 6.49. The number of nitrogens with one attached hydrogen (secondary N) is 1. The van der Waals surface area contributed by atoms with E-state index in [1.54, 1.807) is 13.8 Å². The van der Waals surface area contributed by atoms with E-state index in [0.717, 1.165) is 0 Å². The molecule has 0 aromatic rings. The average Bonchev–Trinajstić information content (AvgIpc) is 2.10. The molecule has 1 amide bonds. The maximum absolute atomic E-state index is 11.2. The Hall–Kier alpha value is -1.10. The number of hydrogen-bond acceptors (Lipinski definition) is 4. The molecule has 0 aromatic heterocycles. The van der Waals surface area contributed by atoms with Gasteiger partial charge < -0.3 is 15.2 Å². The van der Waals surface area contributed by atoms with Crippen LogP contribution in [0.1, 0.15) is 13.8 Å². The molecule has 4 atom stereocenters. The van der Waals surface area contributed by atoms with Crippen molar-refractivity contribution >= 4 is 11.9 Å². The van der Waals surface area contributed by atoms with Crippen LogP contribution in [-0.2, 0) is 14.3 Å². The zero-order valence-electron chi connectivity index (χ0n) is 8.48. The van der Waals surface area contributed by atoms with E-state index < -0.39 is 17.9 Å². The second kappa shape index (κ2) is 3.96. The lowest BCUT2D eigenvalue weighted by Gasteiger charge is -2.40. The summed E-state index contributed by atoms with van der Waals surface area (Å²) in [6.45, 7) is 3.21. The van der Waals surface area contributed by atoms with Gasteiger partial charge in [-0.25, -0.2) is 0 Å². The van der Waals surface area contributed by atoms with Crippen LogP contribution in [0.25, 0.3) is 0 Å². The predicted octanol–water partition coefficient (Wildman–Crippen LogP) is -0.709. The molecule has 1 aliphatic rings. The molecule has 5 heteroatoms. The molecule has 1 fully saturated rings. The van der Waals surface area contributed by atoms with Crippen molar-refractivity contribution in [2.45, 2.75) is 26.0 Å². The average molecular weight is 201 g/mol. The number of rotatable bonds is 3. The van der Waals surface area contributed by atoms with Gasteiger partial charge in [-0.2, -0.15) is 0 Å². The number of aliphatic hydroxyl groups is 1. The van der Waals surface area contributed by atoms with Crippen LogP contribution in [0.4, 0.5) is 0 Å². The molecule has 0 spiro atoms. The van der Waals surface area contributed by atoms with Gasteiger partial charge >= 0.3 is 5.97 Å². The molecule has 80 valence electrons. The molecule has 1 rings (SSSR count). The maximum Gasteiger partial charge on any atom is 0.310 e. The smallest absolute Gasteiger partial charge is 0.310 e. The number of ether oxygens (including phenoxy) is 1. The molecule has 4 unspecified atom stereocenters. The Morgan fingerprint density at radius 2 is 2.14 bits per heavy atom. The third-order valence-corrected chi connectivity index (χ3v) is 2.63. The van der Waals surface area contributed by atoms with Gasteiger partial charge in [-0.05, 0) is 13.8 Å². The number of methoxy groups -OCH3 is 1. The highest BCUT2D eigenvalue weighted by Gasteiger charge is 2.47. The summed E-state index contributed by atoms with van der Waals surface area (Å²) < 4.78 is 4.56. The van der Waals surface area contributed by atoms with Crippen LogP contribution in [0.3, 0.4) is 0 Å². The van der Waals surface area contributed by atoms with Gasteiger partial charge in [0.2, 0.25) is 5.91 Å². The highest BCUT2D eigenvalue weighted by Crippen LogP contribution is 2.25. The summed E-state index contributed by atoms with van der Waals surface area (Å²) in [5.74, 6) is -1.50. The molecule has 0 radical (unpaired) electrons. The van der Waals surface area contributed by atoms with Gasteiger partial charge in [0.1, 0.15) is 0 Å². The van der Waals surface area contributed by atoms with Crippen molar-refractivity contribution < 1.29 is 19.4 Å².